The molecule has 0 N–H and O–H groups in total. The summed E-state index contributed by atoms with van der Waals surface area (Å²) in [6.07, 6.45) is 2.03. The quantitative estimate of drug-likeness (QED) is 0.767. The number of rotatable bonds is 2. The summed E-state index contributed by atoms with van der Waals surface area (Å²) in [5.41, 5.74) is 3.31. The third kappa shape index (κ3) is 3.05. The number of hydrogen-bond acceptors (Lipinski definition) is 2. The highest BCUT2D eigenvalue weighted by Crippen LogP contribution is 2.30. The molecule has 98 valence electrons. The molecule has 0 saturated heterocycles. The molecule has 2 rings (SSSR count). The Morgan fingerprint density at radius 1 is 1.39 bits per heavy atom. The van der Waals surface area contributed by atoms with Gasteiger partial charge in [-0.2, -0.15) is 0 Å². The smallest absolute Gasteiger partial charge is 0.133 e. The molecule has 1 unspecified atom stereocenters. The van der Waals surface area contributed by atoms with Crippen LogP contribution in [0, 0.1) is 12.3 Å². The molecular weight excluding hydrogens is 246 g/mol. The fraction of sp³-hybridized carbons (Fsp3) is 0.533. The minimum absolute atomic E-state index is 0.177. The van der Waals surface area contributed by atoms with Crippen LogP contribution in [0.15, 0.2) is 23.4 Å². The second-order valence-corrected chi connectivity index (χ2v) is 6.55. The molecule has 1 aromatic carbocycles. The van der Waals surface area contributed by atoms with E-state index in [1.807, 2.05) is 25.1 Å². The summed E-state index contributed by atoms with van der Waals surface area (Å²) in [5.74, 6) is 0. The number of nitrogens with zero attached hydrogens (tertiary/aromatic N) is 1. The monoisotopic (exact) mass is 265 g/mol. The molecule has 0 aliphatic carbocycles. The Morgan fingerprint density at radius 3 is 2.78 bits per heavy atom. The van der Waals surface area contributed by atoms with Crippen LogP contribution < -0.4 is 0 Å². The summed E-state index contributed by atoms with van der Waals surface area (Å²) in [5, 5.41) is 4.99. The predicted molar refractivity (Wildman–Crippen MR) is 76.3 cm³/mol. The Balaban J connectivity index is 2.11. The molecule has 0 aromatic heterocycles. The average Bonchev–Trinajstić information content (AvgIpc) is 2.68. The largest absolute Gasteiger partial charge is 0.392 e. The van der Waals surface area contributed by atoms with Crippen molar-refractivity contribution in [2.45, 2.75) is 46.6 Å². The van der Waals surface area contributed by atoms with Crippen molar-refractivity contribution in [3.8, 4) is 0 Å². The second kappa shape index (κ2) is 4.93. The molecule has 2 nitrogen and oxygen atoms in total. The van der Waals surface area contributed by atoms with Crippen molar-refractivity contribution in [1.29, 1.82) is 0 Å². The van der Waals surface area contributed by atoms with E-state index in [1.54, 1.807) is 0 Å². The third-order valence-corrected chi connectivity index (χ3v) is 3.58. The normalized spacial score (nSPS) is 19.6. The van der Waals surface area contributed by atoms with Crippen LogP contribution in [-0.4, -0.2) is 11.8 Å². The molecule has 1 atom stereocenters. The molecule has 1 aliphatic heterocycles. The van der Waals surface area contributed by atoms with Gasteiger partial charge in [0.2, 0.25) is 0 Å². The van der Waals surface area contributed by atoms with Crippen molar-refractivity contribution in [2.24, 2.45) is 10.6 Å². The zero-order valence-corrected chi connectivity index (χ0v) is 12.2. The summed E-state index contributed by atoms with van der Waals surface area (Å²) in [6, 6.07) is 6.03. The van der Waals surface area contributed by atoms with E-state index < -0.39 is 0 Å². The van der Waals surface area contributed by atoms with Crippen LogP contribution in [0.1, 0.15) is 44.7 Å². The third-order valence-electron chi connectivity index (χ3n) is 3.08. The lowest BCUT2D eigenvalue weighted by molar-refractivity contribution is 0.0540. The maximum Gasteiger partial charge on any atom is 0.133 e. The molecule has 0 radical (unpaired) electrons. The number of oxime groups is 1. The fourth-order valence-corrected chi connectivity index (χ4v) is 2.49. The van der Waals surface area contributed by atoms with Gasteiger partial charge >= 0.3 is 0 Å². The summed E-state index contributed by atoms with van der Waals surface area (Å²) >= 11 is 6.32. The second-order valence-electron chi connectivity index (χ2n) is 6.17. The van der Waals surface area contributed by atoms with Crippen LogP contribution >= 0.6 is 11.6 Å². The molecule has 0 spiro atoms. The van der Waals surface area contributed by atoms with Crippen LogP contribution in [0.2, 0.25) is 5.02 Å². The fourth-order valence-electron chi connectivity index (χ4n) is 2.25. The molecule has 0 saturated carbocycles. The molecule has 18 heavy (non-hydrogen) atoms. The van der Waals surface area contributed by atoms with E-state index in [0.717, 1.165) is 34.7 Å². The zero-order chi connectivity index (χ0) is 13.3. The first-order valence-corrected chi connectivity index (χ1v) is 6.73. The van der Waals surface area contributed by atoms with E-state index in [2.05, 4.69) is 25.9 Å². The van der Waals surface area contributed by atoms with Crippen LogP contribution in [0.25, 0.3) is 0 Å². The highest BCUT2D eigenvalue weighted by atomic mass is 35.5. The molecule has 0 amide bonds. The van der Waals surface area contributed by atoms with Gasteiger partial charge < -0.3 is 4.84 Å². The van der Waals surface area contributed by atoms with Gasteiger partial charge in [0.05, 0.1) is 10.7 Å². The van der Waals surface area contributed by atoms with Gasteiger partial charge in [-0.1, -0.05) is 55.7 Å². The number of aryl methyl sites for hydroxylation is 1. The van der Waals surface area contributed by atoms with E-state index in [-0.39, 0.29) is 11.5 Å². The van der Waals surface area contributed by atoms with Crippen molar-refractivity contribution >= 4 is 17.3 Å². The number of hydrogen-bond donors (Lipinski definition) is 0. The standard InChI is InChI=1S/C15H20ClNO/c1-10-6-5-7-12(14(10)16)13-8-11(18-17-13)9-15(2,3)4/h5-7,11H,8-9H2,1-4H3. The van der Waals surface area contributed by atoms with Gasteiger partial charge in [-0.25, -0.2) is 0 Å². The lowest BCUT2D eigenvalue weighted by Crippen LogP contribution is -2.18. The minimum atomic E-state index is 0.177. The van der Waals surface area contributed by atoms with Gasteiger partial charge in [0.15, 0.2) is 0 Å². The lowest BCUT2D eigenvalue weighted by atomic mass is 9.87. The first-order chi connectivity index (χ1) is 8.37. The number of benzene rings is 1. The van der Waals surface area contributed by atoms with Crippen LogP contribution in [0.4, 0.5) is 0 Å². The highest BCUT2D eigenvalue weighted by molar-refractivity contribution is 6.35. The topological polar surface area (TPSA) is 21.6 Å². The molecular formula is C15H20ClNO. The average molecular weight is 266 g/mol. The van der Waals surface area contributed by atoms with Gasteiger partial charge in [-0.15, -0.1) is 0 Å². The summed E-state index contributed by atoms with van der Waals surface area (Å²) in [6.45, 7) is 8.66. The summed E-state index contributed by atoms with van der Waals surface area (Å²) in [4.78, 5) is 5.52. The van der Waals surface area contributed by atoms with Gasteiger partial charge in [0.1, 0.15) is 6.10 Å². The first-order valence-electron chi connectivity index (χ1n) is 6.35. The Hall–Kier alpha value is -1.02. The maximum atomic E-state index is 6.32. The van der Waals surface area contributed by atoms with E-state index in [9.17, 15) is 0 Å². The van der Waals surface area contributed by atoms with E-state index in [0.29, 0.717) is 0 Å². The molecule has 1 aliphatic rings. The minimum Gasteiger partial charge on any atom is -0.392 e. The van der Waals surface area contributed by atoms with Crippen LogP contribution in [0.3, 0.4) is 0 Å². The van der Waals surface area contributed by atoms with Crippen LogP contribution in [0.5, 0.6) is 0 Å². The van der Waals surface area contributed by atoms with Crippen molar-refractivity contribution in [3.05, 3.63) is 34.3 Å². The van der Waals surface area contributed by atoms with Gasteiger partial charge in [-0.05, 0) is 24.3 Å². The van der Waals surface area contributed by atoms with E-state index in [4.69, 9.17) is 16.4 Å². The molecule has 1 heterocycles. The Labute approximate surface area is 114 Å². The number of halogens is 1. The maximum absolute atomic E-state index is 6.32. The van der Waals surface area contributed by atoms with Gasteiger partial charge in [-0.3, -0.25) is 0 Å². The first kappa shape index (κ1) is 13.4. The van der Waals surface area contributed by atoms with Gasteiger partial charge in [0, 0.05) is 12.0 Å². The SMILES string of the molecule is Cc1cccc(C2=NOC(CC(C)(C)C)C2)c1Cl. The summed E-state index contributed by atoms with van der Waals surface area (Å²) < 4.78 is 0. The predicted octanol–water partition coefficient (Wildman–Crippen LogP) is 4.58. The van der Waals surface area contributed by atoms with Crippen molar-refractivity contribution in [1.82, 2.24) is 0 Å². The van der Waals surface area contributed by atoms with E-state index in [1.165, 1.54) is 0 Å². The van der Waals surface area contributed by atoms with Crippen molar-refractivity contribution in [2.75, 3.05) is 0 Å². The Morgan fingerprint density at radius 2 is 2.11 bits per heavy atom. The molecule has 1 aromatic rings. The van der Waals surface area contributed by atoms with Crippen molar-refractivity contribution in [3.63, 3.8) is 0 Å². The van der Waals surface area contributed by atoms with Crippen LogP contribution in [-0.2, 0) is 4.84 Å². The Bertz CT molecular complexity index is 474. The highest BCUT2D eigenvalue weighted by Gasteiger charge is 2.27. The van der Waals surface area contributed by atoms with E-state index >= 15 is 0 Å². The van der Waals surface area contributed by atoms with Gasteiger partial charge in [0.25, 0.3) is 0 Å². The molecule has 3 heteroatoms. The lowest BCUT2D eigenvalue weighted by Gasteiger charge is -2.21. The summed E-state index contributed by atoms with van der Waals surface area (Å²) in [7, 11) is 0. The molecule has 0 bridgehead atoms. The Kier molecular flexibility index (Phi) is 3.67. The molecule has 0 fully saturated rings. The van der Waals surface area contributed by atoms with Crippen molar-refractivity contribution < 1.29 is 4.84 Å². The zero-order valence-electron chi connectivity index (χ0n) is 11.5.